The Morgan fingerprint density at radius 3 is 2.66 bits per heavy atom. The first kappa shape index (κ1) is 24.2. The number of piperidine rings is 1. The molecule has 1 saturated heterocycles. The number of esters is 1. The number of likely N-dealkylation sites (tertiary alicyclic amines) is 1. The number of hydrogen-bond donors (Lipinski definition) is 0. The third-order valence-electron chi connectivity index (χ3n) is 5.24. The van der Waals surface area contributed by atoms with Gasteiger partial charge in [-0.3, -0.25) is 9.59 Å². The smallest absolute Gasteiger partial charge is 0.310 e. The summed E-state index contributed by atoms with van der Waals surface area (Å²) < 4.78 is 10.8. The summed E-state index contributed by atoms with van der Waals surface area (Å²) in [6, 6.07) is 13.3. The maximum atomic E-state index is 13.0. The van der Waals surface area contributed by atoms with E-state index < -0.39 is 0 Å². The van der Waals surface area contributed by atoms with Crippen LogP contribution in [0.15, 0.2) is 58.8 Å². The van der Waals surface area contributed by atoms with E-state index in [1.807, 2.05) is 43.3 Å². The first-order valence-electron chi connectivity index (χ1n) is 10.8. The molecule has 3 rings (SSSR count). The highest BCUT2D eigenvalue weighted by Crippen LogP contribution is 2.39. The summed E-state index contributed by atoms with van der Waals surface area (Å²) in [7, 11) is 0. The fourth-order valence-corrected chi connectivity index (χ4v) is 4.83. The zero-order valence-electron chi connectivity index (χ0n) is 18.4. The Kier molecular flexibility index (Phi) is 8.65. The molecule has 0 radical (unpaired) electrons. The van der Waals surface area contributed by atoms with Crippen molar-refractivity contribution in [3.63, 3.8) is 0 Å². The second-order valence-corrected chi connectivity index (χ2v) is 8.94. The van der Waals surface area contributed by atoms with Gasteiger partial charge in [0.15, 0.2) is 0 Å². The molecule has 0 saturated carbocycles. The largest absolute Gasteiger partial charge is 0.493 e. The molecule has 170 valence electrons. The molecule has 0 aromatic heterocycles. The first-order chi connectivity index (χ1) is 15.4. The molecule has 1 unspecified atom stereocenters. The lowest BCUT2D eigenvalue weighted by Gasteiger charge is -2.32. The number of nitrogens with zero attached hydrogens (tertiary/aromatic N) is 1. The van der Waals surface area contributed by atoms with E-state index in [1.54, 1.807) is 17.9 Å². The lowest BCUT2D eigenvalue weighted by Crippen LogP contribution is -2.43. The van der Waals surface area contributed by atoms with Crippen LogP contribution in [-0.2, 0) is 14.3 Å². The van der Waals surface area contributed by atoms with Gasteiger partial charge in [-0.1, -0.05) is 48.1 Å². The summed E-state index contributed by atoms with van der Waals surface area (Å²) in [4.78, 5) is 28.6. The van der Waals surface area contributed by atoms with Crippen LogP contribution in [0.3, 0.4) is 0 Å². The summed E-state index contributed by atoms with van der Waals surface area (Å²) in [6.07, 6.45) is 1.49. The minimum absolute atomic E-state index is 0.183. The molecule has 7 heteroatoms. The number of carbonyl (C=O) groups excluding carboxylic acids is 2. The zero-order valence-corrected chi connectivity index (χ0v) is 20.0. The van der Waals surface area contributed by atoms with Gasteiger partial charge in [-0.15, -0.1) is 0 Å². The van der Waals surface area contributed by atoms with Gasteiger partial charge in [-0.25, -0.2) is 0 Å². The molecule has 1 atom stereocenters. The lowest BCUT2D eigenvalue weighted by molar-refractivity contribution is -0.150. The minimum Gasteiger partial charge on any atom is -0.493 e. The standard InChI is InChI=1S/C25H28ClNO4S/c1-4-30-21-10-6-7-11-23(21)32-22-13-12-18(15-20(22)26)17(3)24(28)27-14-8-9-19(16-27)25(29)31-5-2/h6-7,10-13,15,19H,3-5,8-9,14,16H2,1-2H3. The fraction of sp³-hybridized carbons (Fsp3) is 0.360. The molecule has 1 heterocycles. The predicted octanol–water partition coefficient (Wildman–Crippen LogP) is 5.70. The van der Waals surface area contributed by atoms with E-state index in [-0.39, 0.29) is 17.8 Å². The number of ether oxygens (including phenoxy) is 2. The molecule has 1 fully saturated rings. The van der Waals surface area contributed by atoms with E-state index in [1.165, 1.54) is 11.8 Å². The molecule has 32 heavy (non-hydrogen) atoms. The summed E-state index contributed by atoms with van der Waals surface area (Å²) in [5.74, 6) is 0.0960. The molecule has 0 aliphatic carbocycles. The Morgan fingerprint density at radius 2 is 1.94 bits per heavy atom. The van der Waals surface area contributed by atoms with Crippen LogP contribution in [0.4, 0.5) is 0 Å². The van der Waals surface area contributed by atoms with Crippen LogP contribution in [0.5, 0.6) is 5.75 Å². The van der Waals surface area contributed by atoms with Gasteiger partial charge in [0.05, 0.1) is 29.0 Å². The van der Waals surface area contributed by atoms with Crippen molar-refractivity contribution in [2.24, 2.45) is 5.92 Å². The fourth-order valence-electron chi connectivity index (χ4n) is 3.63. The highest BCUT2D eigenvalue weighted by Gasteiger charge is 2.30. The van der Waals surface area contributed by atoms with Gasteiger partial charge in [0.1, 0.15) is 5.75 Å². The number of para-hydroxylation sites is 1. The Labute approximate surface area is 198 Å². The number of hydrogen-bond acceptors (Lipinski definition) is 5. The van der Waals surface area contributed by atoms with Gasteiger partial charge in [0.25, 0.3) is 5.91 Å². The van der Waals surface area contributed by atoms with Crippen molar-refractivity contribution < 1.29 is 19.1 Å². The molecule has 1 aliphatic rings. The van der Waals surface area contributed by atoms with Gasteiger partial charge in [0.2, 0.25) is 0 Å². The van der Waals surface area contributed by atoms with Crippen molar-refractivity contribution in [2.45, 2.75) is 36.5 Å². The molecular weight excluding hydrogens is 446 g/mol. The third-order valence-corrected chi connectivity index (χ3v) is 6.79. The van der Waals surface area contributed by atoms with E-state index in [0.29, 0.717) is 42.5 Å². The highest BCUT2D eigenvalue weighted by molar-refractivity contribution is 7.99. The van der Waals surface area contributed by atoms with Crippen LogP contribution in [0.1, 0.15) is 32.3 Å². The Hall–Kier alpha value is -2.44. The van der Waals surface area contributed by atoms with Crippen LogP contribution in [0.2, 0.25) is 5.02 Å². The van der Waals surface area contributed by atoms with Crippen molar-refractivity contribution >= 4 is 40.8 Å². The monoisotopic (exact) mass is 473 g/mol. The lowest BCUT2D eigenvalue weighted by atomic mass is 9.96. The molecular formula is C25H28ClNO4S. The second-order valence-electron chi connectivity index (χ2n) is 7.45. The molecule has 1 aliphatic heterocycles. The minimum atomic E-state index is -0.284. The highest BCUT2D eigenvalue weighted by atomic mass is 35.5. The van der Waals surface area contributed by atoms with Crippen molar-refractivity contribution in [1.29, 1.82) is 0 Å². The van der Waals surface area contributed by atoms with Crippen molar-refractivity contribution in [1.82, 2.24) is 4.90 Å². The van der Waals surface area contributed by atoms with Crippen LogP contribution >= 0.6 is 23.4 Å². The molecule has 2 aromatic rings. The van der Waals surface area contributed by atoms with Crippen molar-refractivity contribution in [2.75, 3.05) is 26.3 Å². The molecule has 0 spiro atoms. The normalized spacial score (nSPS) is 15.8. The average molecular weight is 474 g/mol. The summed E-state index contributed by atoms with van der Waals surface area (Å²) in [5.41, 5.74) is 1.03. The van der Waals surface area contributed by atoms with Gasteiger partial charge in [-0.2, -0.15) is 0 Å². The average Bonchev–Trinajstić information content (AvgIpc) is 2.81. The number of amides is 1. The molecule has 0 bridgehead atoms. The molecule has 1 amide bonds. The van der Waals surface area contributed by atoms with Crippen molar-refractivity contribution in [3.05, 3.63) is 59.6 Å². The Morgan fingerprint density at radius 1 is 1.16 bits per heavy atom. The number of benzene rings is 2. The number of halogens is 1. The van der Waals surface area contributed by atoms with E-state index in [4.69, 9.17) is 21.1 Å². The Bertz CT molecular complexity index is 994. The predicted molar refractivity (Wildman–Crippen MR) is 128 cm³/mol. The molecule has 2 aromatic carbocycles. The van der Waals surface area contributed by atoms with Gasteiger partial charge >= 0.3 is 5.97 Å². The van der Waals surface area contributed by atoms with Crippen LogP contribution in [0, 0.1) is 5.92 Å². The Balaban J connectivity index is 1.71. The van der Waals surface area contributed by atoms with Crippen LogP contribution in [-0.4, -0.2) is 43.1 Å². The summed E-state index contributed by atoms with van der Waals surface area (Å²) in [5, 5.41) is 0.538. The van der Waals surface area contributed by atoms with E-state index >= 15 is 0 Å². The van der Waals surface area contributed by atoms with Crippen molar-refractivity contribution in [3.8, 4) is 5.75 Å². The zero-order chi connectivity index (χ0) is 23.1. The summed E-state index contributed by atoms with van der Waals surface area (Å²) >= 11 is 8.07. The van der Waals surface area contributed by atoms with E-state index in [9.17, 15) is 9.59 Å². The maximum Gasteiger partial charge on any atom is 0.310 e. The molecule has 0 N–H and O–H groups in total. The quantitative estimate of drug-likeness (QED) is 0.363. The van der Waals surface area contributed by atoms with Gasteiger partial charge in [-0.05, 0) is 56.5 Å². The maximum absolute atomic E-state index is 13.0. The van der Waals surface area contributed by atoms with Crippen LogP contribution in [0.25, 0.3) is 5.57 Å². The van der Waals surface area contributed by atoms with E-state index in [2.05, 4.69) is 6.58 Å². The van der Waals surface area contributed by atoms with Gasteiger partial charge in [0, 0.05) is 23.6 Å². The van der Waals surface area contributed by atoms with Gasteiger partial charge < -0.3 is 14.4 Å². The SMILES string of the molecule is C=C(C(=O)N1CCCC(C(=O)OCC)C1)c1ccc(Sc2ccccc2OCC)c(Cl)c1. The second kappa shape index (κ2) is 11.4. The van der Waals surface area contributed by atoms with Crippen LogP contribution < -0.4 is 4.74 Å². The third kappa shape index (κ3) is 5.87. The number of carbonyl (C=O) groups is 2. The first-order valence-corrected chi connectivity index (χ1v) is 12.0. The molecule has 5 nitrogen and oxygen atoms in total. The number of rotatable bonds is 8. The topological polar surface area (TPSA) is 55.8 Å². The summed E-state index contributed by atoms with van der Waals surface area (Å²) in [6.45, 7) is 9.62. The van der Waals surface area contributed by atoms with E-state index in [0.717, 1.165) is 28.4 Å².